The average molecular weight is 315 g/mol. The molecule has 0 radical (unpaired) electrons. The molecule has 0 aromatic carbocycles. The molecule has 4 aliphatic rings. The summed E-state index contributed by atoms with van der Waals surface area (Å²) in [6, 6.07) is 0.205. The molecule has 23 heavy (non-hydrogen) atoms. The fourth-order valence-corrected chi connectivity index (χ4v) is 4.32. The molecule has 0 saturated carbocycles. The largest absolute Gasteiger partial charge is 0.458 e. The van der Waals surface area contributed by atoms with E-state index < -0.39 is 6.29 Å². The second-order valence-corrected chi connectivity index (χ2v) is 6.84. The van der Waals surface area contributed by atoms with Crippen LogP contribution in [0.3, 0.4) is 0 Å². The molecular weight excluding hydrogens is 294 g/mol. The molecule has 0 spiro atoms. The van der Waals surface area contributed by atoms with Gasteiger partial charge in [0.2, 0.25) is 0 Å². The Kier molecular flexibility index (Phi) is 3.32. The first-order chi connectivity index (χ1) is 11.1. The number of fused-ring (bicyclic) bond motifs is 2. The van der Waals surface area contributed by atoms with Crippen LogP contribution in [0.15, 0.2) is 34.6 Å². The van der Waals surface area contributed by atoms with Crippen molar-refractivity contribution in [2.24, 2.45) is 5.92 Å². The zero-order valence-corrected chi connectivity index (χ0v) is 13.5. The zero-order chi connectivity index (χ0) is 16.1. The molecule has 5 heteroatoms. The number of carbonyl (C=O) groups is 2. The summed E-state index contributed by atoms with van der Waals surface area (Å²) in [6.45, 7) is 1.69. The van der Waals surface area contributed by atoms with Gasteiger partial charge in [0.15, 0.2) is 0 Å². The van der Waals surface area contributed by atoms with Crippen LogP contribution >= 0.6 is 0 Å². The normalized spacial score (nSPS) is 34.7. The molecular formula is C18H21NO4. The topological polar surface area (TPSA) is 55.8 Å². The molecule has 2 aliphatic heterocycles. The van der Waals surface area contributed by atoms with Gasteiger partial charge >= 0.3 is 5.97 Å². The lowest BCUT2D eigenvalue weighted by molar-refractivity contribution is -0.152. The van der Waals surface area contributed by atoms with Gasteiger partial charge in [-0.2, -0.15) is 0 Å². The van der Waals surface area contributed by atoms with Crippen LogP contribution < -0.4 is 0 Å². The number of likely N-dealkylation sites (tertiary alicyclic amines) is 1. The van der Waals surface area contributed by atoms with E-state index in [1.54, 1.807) is 18.6 Å². The van der Waals surface area contributed by atoms with Gasteiger partial charge in [0, 0.05) is 24.6 Å². The first-order valence-electron chi connectivity index (χ1n) is 8.29. The molecule has 1 fully saturated rings. The minimum Gasteiger partial charge on any atom is -0.458 e. The molecule has 0 bridgehead atoms. The monoisotopic (exact) mass is 315 g/mol. The summed E-state index contributed by atoms with van der Waals surface area (Å²) in [5.74, 6) is -0.140. The fraction of sp³-hybridized carbons (Fsp3) is 0.556. The number of likely N-dealkylation sites (N-methyl/N-ethyl adjacent to an activating group) is 1. The number of esters is 1. The highest BCUT2D eigenvalue weighted by Gasteiger charge is 2.49. The fourth-order valence-electron chi connectivity index (χ4n) is 4.32. The molecule has 0 aromatic rings. The van der Waals surface area contributed by atoms with Gasteiger partial charge in [-0.3, -0.25) is 4.79 Å². The van der Waals surface area contributed by atoms with Gasteiger partial charge in [-0.1, -0.05) is 5.57 Å². The second-order valence-electron chi connectivity index (χ2n) is 6.84. The SMILES string of the molecule is CC1=CC(O/C=C2/C(=O)N(C)C3C4=C(CCCC4)CC23)OC1=O. The van der Waals surface area contributed by atoms with Crippen LogP contribution in [0.2, 0.25) is 0 Å². The van der Waals surface area contributed by atoms with E-state index in [2.05, 4.69) is 0 Å². The van der Waals surface area contributed by atoms with E-state index in [9.17, 15) is 9.59 Å². The van der Waals surface area contributed by atoms with Crippen LogP contribution in [-0.2, 0) is 19.1 Å². The van der Waals surface area contributed by atoms with Crippen molar-refractivity contribution < 1.29 is 19.1 Å². The molecule has 2 heterocycles. The molecule has 0 N–H and O–H groups in total. The van der Waals surface area contributed by atoms with Gasteiger partial charge in [-0.05, 0) is 44.6 Å². The van der Waals surface area contributed by atoms with Crippen molar-refractivity contribution >= 4 is 11.9 Å². The van der Waals surface area contributed by atoms with E-state index in [1.165, 1.54) is 31.1 Å². The highest BCUT2D eigenvalue weighted by atomic mass is 16.7. The molecule has 3 unspecified atom stereocenters. The number of ether oxygens (including phenoxy) is 2. The summed E-state index contributed by atoms with van der Waals surface area (Å²) in [5.41, 5.74) is 4.27. The van der Waals surface area contributed by atoms with Crippen LogP contribution in [-0.4, -0.2) is 36.2 Å². The van der Waals surface area contributed by atoms with E-state index in [1.807, 2.05) is 11.9 Å². The number of hydrogen-bond donors (Lipinski definition) is 0. The predicted octanol–water partition coefficient (Wildman–Crippen LogP) is 2.45. The van der Waals surface area contributed by atoms with Crippen LogP contribution in [0.5, 0.6) is 0 Å². The van der Waals surface area contributed by atoms with E-state index >= 15 is 0 Å². The van der Waals surface area contributed by atoms with Crippen molar-refractivity contribution in [1.82, 2.24) is 4.90 Å². The number of cyclic esters (lactones) is 1. The number of rotatable bonds is 2. The third kappa shape index (κ3) is 2.21. The molecule has 3 atom stereocenters. The van der Waals surface area contributed by atoms with Gasteiger partial charge in [-0.15, -0.1) is 0 Å². The third-order valence-corrected chi connectivity index (χ3v) is 5.48. The van der Waals surface area contributed by atoms with Crippen molar-refractivity contribution in [1.29, 1.82) is 0 Å². The van der Waals surface area contributed by atoms with Gasteiger partial charge in [0.05, 0.1) is 17.9 Å². The van der Waals surface area contributed by atoms with E-state index in [4.69, 9.17) is 9.47 Å². The molecule has 4 rings (SSSR count). The number of allylic oxidation sites excluding steroid dienone is 1. The molecule has 1 saturated heterocycles. The molecule has 0 aromatic heterocycles. The van der Waals surface area contributed by atoms with Crippen LogP contribution in [0.1, 0.15) is 39.0 Å². The van der Waals surface area contributed by atoms with Crippen molar-refractivity contribution in [2.75, 3.05) is 7.05 Å². The average Bonchev–Trinajstić information content (AvgIpc) is 3.13. The van der Waals surface area contributed by atoms with E-state index in [0.717, 1.165) is 12.8 Å². The number of amides is 1. The van der Waals surface area contributed by atoms with Crippen molar-refractivity contribution in [3.05, 3.63) is 34.6 Å². The quantitative estimate of drug-likeness (QED) is 0.340. The third-order valence-electron chi connectivity index (χ3n) is 5.48. The standard InChI is InChI=1S/C18H21NO4/c1-10-7-15(23-18(10)21)22-9-14-13-8-11-5-3-4-6-12(11)16(13)19(2)17(14)20/h7,9,13,15-16H,3-6,8H2,1-2H3/b14-9+. The summed E-state index contributed by atoms with van der Waals surface area (Å²) >= 11 is 0. The van der Waals surface area contributed by atoms with Crippen molar-refractivity contribution in [2.45, 2.75) is 51.4 Å². The van der Waals surface area contributed by atoms with Crippen molar-refractivity contribution in [3.63, 3.8) is 0 Å². The summed E-state index contributed by atoms with van der Waals surface area (Å²) in [4.78, 5) is 25.8. The van der Waals surface area contributed by atoms with Gasteiger partial charge < -0.3 is 14.4 Å². The van der Waals surface area contributed by atoms with E-state index in [0.29, 0.717) is 11.1 Å². The molecule has 2 aliphatic carbocycles. The first-order valence-corrected chi connectivity index (χ1v) is 8.29. The Hall–Kier alpha value is -2.04. The lowest BCUT2D eigenvalue weighted by atomic mass is 9.92. The summed E-state index contributed by atoms with van der Waals surface area (Å²) in [5, 5.41) is 0. The number of nitrogens with zero attached hydrogens (tertiary/aromatic N) is 1. The first kappa shape index (κ1) is 14.5. The smallest absolute Gasteiger partial charge is 0.336 e. The molecule has 5 nitrogen and oxygen atoms in total. The molecule has 1 amide bonds. The summed E-state index contributed by atoms with van der Waals surface area (Å²) in [6.07, 6.45) is 8.17. The Labute approximate surface area is 135 Å². The molecule has 122 valence electrons. The maximum absolute atomic E-state index is 12.6. The maximum Gasteiger partial charge on any atom is 0.336 e. The minimum absolute atomic E-state index is 0.0298. The van der Waals surface area contributed by atoms with Crippen LogP contribution in [0.4, 0.5) is 0 Å². The Morgan fingerprint density at radius 2 is 2.09 bits per heavy atom. The lowest BCUT2D eigenvalue weighted by Crippen LogP contribution is -2.31. The highest BCUT2D eigenvalue weighted by molar-refractivity contribution is 5.97. The highest BCUT2D eigenvalue weighted by Crippen LogP contribution is 2.49. The minimum atomic E-state index is -0.712. The Balaban J connectivity index is 1.55. The van der Waals surface area contributed by atoms with Crippen LogP contribution in [0, 0.1) is 5.92 Å². The maximum atomic E-state index is 12.6. The second kappa shape index (κ2) is 5.25. The van der Waals surface area contributed by atoms with Gasteiger partial charge in [0.1, 0.15) is 0 Å². The predicted molar refractivity (Wildman–Crippen MR) is 83.0 cm³/mol. The van der Waals surface area contributed by atoms with E-state index in [-0.39, 0.29) is 23.8 Å². The number of hydrogen-bond acceptors (Lipinski definition) is 4. The lowest BCUT2D eigenvalue weighted by Gasteiger charge is -2.24. The van der Waals surface area contributed by atoms with Crippen molar-refractivity contribution in [3.8, 4) is 0 Å². The summed E-state index contributed by atoms with van der Waals surface area (Å²) in [7, 11) is 1.88. The summed E-state index contributed by atoms with van der Waals surface area (Å²) < 4.78 is 10.6. The van der Waals surface area contributed by atoms with Crippen LogP contribution in [0.25, 0.3) is 0 Å². The zero-order valence-electron chi connectivity index (χ0n) is 13.5. The Morgan fingerprint density at radius 3 is 2.83 bits per heavy atom. The Bertz CT molecular complexity index is 673. The van der Waals surface area contributed by atoms with Gasteiger partial charge in [-0.25, -0.2) is 4.79 Å². The van der Waals surface area contributed by atoms with Gasteiger partial charge in [0.25, 0.3) is 12.2 Å². The Morgan fingerprint density at radius 1 is 1.30 bits per heavy atom. The number of carbonyl (C=O) groups excluding carboxylic acids is 2.